The van der Waals surface area contributed by atoms with Gasteiger partial charge in [-0.05, 0) is 42.9 Å². The second-order valence-corrected chi connectivity index (χ2v) is 6.28. The molecule has 3 rings (SSSR count). The molecule has 20 heavy (non-hydrogen) atoms. The number of aliphatic hydroxyl groups is 1. The molecule has 0 radical (unpaired) electrons. The Balaban J connectivity index is 1.87. The smallest absolute Gasteiger partial charge is 0.234 e. The van der Waals surface area contributed by atoms with Crippen molar-refractivity contribution in [3.05, 3.63) is 29.3 Å². The van der Waals surface area contributed by atoms with Crippen molar-refractivity contribution >= 4 is 11.6 Å². The monoisotopic (exact) mass is 273 g/mol. The number of hydrogen-bond acceptors (Lipinski definition) is 2. The molecule has 3 nitrogen and oxygen atoms in total. The zero-order chi connectivity index (χ0) is 14.3. The Morgan fingerprint density at radius 2 is 1.95 bits per heavy atom. The first-order valence-electron chi connectivity index (χ1n) is 7.69. The number of nitrogens with zero attached hydrogens (tertiary/aromatic N) is 1. The van der Waals surface area contributed by atoms with Gasteiger partial charge in [0.15, 0.2) is 0 Å². The average Bonchev–Trinajstić information content (AvgIpc) is 2.72. The van der Waals surface area contributed by atoms with E-state index < -0.39 is 0 Å². The summed E-state index contributed by atoms with van der Waals surface area (Å²) < 4.78 is 0. The van der Waals surface area contributed by atoms with E-state index in [1.165, 1.54) is 19.3 Å². The molecular weight excluding hydrogens is 250 g/mol. The Kier molecular flexibility index (Phi) is 3.55. The lowest BCUT2D eigenvalue weighted by Crippen LogP contribution is -2.22. The highest BCUT2D eigenvalue weighted by atomic mass is 16.3. The van der Waals surface area contributed by atoms with E-state index in [9.17, 15) is 9.90 Å². The second kappa shape index (κ2) is 5.21. The number of carbonyl (C=O) groups is 1. The highest BCUT2D eigenvalue weighted by molar-refractivity contribution is 6.04. The molecule has 2 unspecified atom stereocenters. The minimum absolute atomic E-state index is 0.0893. The number of benzene rings is 1. The van der Waals surface area contributed by atoms with Crippen molar-refractivity contribution < 1.29 is 9.90 Å². The maximum absolute atomic E-state index is 12.0. The SMILES string of the molecule is CC1C(=O)N(C)c2ccc(C(O)C3CCCCC3)cc21. The molecule has 0 spiro atoms. The maximum Gasteiger partial charge on any atom is 0.234 e. The highest BCUT2D eigenvalue weighted by Gasteiger charge is 2.33. The lowest BCUT2D eigenvalue weighted by Gasteiger charge is -2.27. The van der Waals surface area contributed by atoms with Gasteiger partial charge in [-0.15, -0.1) is 0 Å². The molecule has 1 N–H and O–H groups in total. The topological polar surface area (TPSA) is 40.5 Å². The zero-order valence-electron chi connectivity index (χ0n) is 12.3. The number of carbonyl (C=O) groups excluding carboxylic acids is 1. The molecule has 1 amide bonds. The van der Waals surface area contributed by atoms with Crippen LogP contribution in [0.2, 0.25) is 0 Å². The summed E-state index contributed by atoms with van der Waals surface area (Å²) in [5.74, 6) is 0.435. The highest BCUT2D eigenvalue weighted by Crippen LogP contribution is 2.40. The van der Waals surface area contributed by atoms with Crippen molar-refractivity contribution in [2.24, 2.45) is 5.92 Å². The van der Waals surface area contributed by atoms with E-state index in [4.69, 9.17) is 0 Å². The van der Waals surface area contributed by atoms with E-state index in [0.29, 0.717) is 5.92 Å². The number of hydrogen-bond donors (Lipinski definition) is 1. The van der Waals surface area contributed by atoms with Crippen LogP contribution >= 0.6 is 0 Å². The van der Waals surface area contributed by atoms with Crippen LogP contribution in [0.4, 0.5) is 5.69 Å². The van der Waals surface area contributed by atoms with Crippen molar-refractivity contribution in [3.63, 3.8) is 0 Å². The van der Waals surface area contributed by atoms with Gasteiger partial charge in [-0.3, -0.25) is 4.79 Å². The van der Waals surface area contributed by atoms with Gasteiger partial charge >= 0.3 is 0 Å². The molecule has 2 atom stereocenters. The van der Waals surface area contributed by atoms with Crippen LogP contribution in [0.1, 0.15) is 62.2 Å². The summed E-state index contributed by atoms with van der Waals surface area (Å²) in [4.78, 5) is 13.7. The molecule has 108 valence electrons. The minimum Gasteiger partial charge on any atom is -0.388 e. The molecule has 0 saturated heterocycles. The fourth-order valence-corrected chi connectivity index (χ4v) is 3.67. The van der Waals surface area contributed by atoms with E-state index in [1.54, 1.807) is 4.90 Å². The predicted molar refractivity (Wildman–Crippen MR) is 79.8 cm³/mol. The van der Waals surface area contributed by atoms with Gasteiger partial charge in [0, 0.05) is 12.7 Å². The summed E-state index contributed by atoms with van der Waals surface area (Å²) in [5.41, 5.74) is 3.03. The summed E-state index contributed by atoms with van der Waals surface area (Å²) in [5, 5.41) is 10.6. The molecule has 0 bridgehead atoms. The van der Waals surface area contributed by atoms with E-state index in [1.807, 2.05) is 32.2 Å². The fourth-order valence-electron chi connectivity index (χ4n) is 3.67. The van der Waals surface area contributed by atoms with Gasteiger partial charge < -0.3 is 10.0 Å². The van der Waals surface area contributed by atoms with Gasteiger partial charge in [0.05, 0.1) is 12.0 Å². The van der Waals surface area contributed by atoms with Gasteiger partial charge in [0.2, 0.25) is 5.91 Å². The number of likely N-dealkylation sites (N-methyl/N-ethyl adjacent to an activating group) is 1. The predicted octanol–water partition coefficient (Wildman–Crippen LogP) is 3.38. The summed E-state index contributed by atoms with van der Waals surface area (Å²) in [6.45, 7) is 1.95. The molecule has 2 aliphatic rings. The third kappa shape index (κ3) is 2.14. The normalized spacial score (nSPS) is 24.9. The van der Waals surface area contributed by atoms with Crippen LogP contribution in [0.5, 0.6) is 0 Å². The lowest BCUT2D eigenvalue weighted by atomic mass is 9.82. The number of rotatable bonds is 2. The van der Waals surface area contributed by atoms with Crippen LogP contribution in [0.3, 0.4) is 0 Å². The number of amides is 1. The summed E-state index contributed by atoms with van der Waals surface area (Å²) in [6.07, 6.45) is 5.60. The molecule has 1 aliphatic carbocycles. The van der Waals surface area contributed by atoms with Crippen LogP contribution in [0, 0.1) is 5.92 Å². The van der Waals surface area contributed by atoms with Gasteiger partial charge in [-0.25, -0.2) is 0 Å². The molecule has 1 aliphatic heterocycles. The van der Waals surface area contributed by atoms with Crippen LogP contribution in [0.25, 0.3) is 0 Å². The van der Waals surface area contributed by atoms with Gasteiger partial charge in [0.1, 0.15) is 0 Å². The van der Waals surface area contributed by atoms with Crippen molar-refractivity contribution in [1.29, 1.82) is 0 Å². The molecule has 1 aromatic rings. The van der Waals surface area contributed by atoms with Crippen molar-refractivity contribution in [1.82, 2.24) is 0 Å². The molecule has 1 saturated carbocycles. The van der Waals surface area contributed by atoms with Crippen molar-refractivity contribution in [3.8, 4) is 0 Å². The third-order valence-electron chi connectivity index (χ3n) is 5.02. The van der Waals surface area contributed by atoms with Crippen LogP contribution in [0.15, 0.2) is 18.2 Å². The molecule has 1 fully saturated rings. The standard InChI is InChI=1S/C17H23NO2/c1-11-14-10-13(8-9-15(14)18(2)17(11)20)16(19)12-6-4-3-5-7-12/h8-12,16,19H,3-7H2,1-2H3. The van der Waals surface area contributed by atoms with Gasteiger partial charge in [-0.2, -0.15) is 0 Å². The van der Waals surface area contributed by atoms with E-state index in [2.05, 4.69) is 0 Å². The van der Waals surface area contributed by atoms with E-state index >= 15 is 0 Å². The molecule has 1 aromatic carbocycles. The van der Waals surface area contributed by atoms with Gasteiger partial charge in [-0.1, -0.05) is 31.4 Å². The largest absolute Gasteiger partial charge is 0.388 e. The van der Waals surface area contributed by atoms with Gasteiger partial charge in [0.25, 0.3) is 0 Å². The Hall–Kier alpha value is -1.35. The molecule has 0 aromatic heterocycles. The van der Waals surface area contributed by atoms with Crippen molar-refractivity contribution in [2.45, 2.75) is 51.0 Å². The second-order valence-electron chi connectivity index (χ2n) is 6.28. The number of aliphatic hydroxyl groups excluding tert-OH is 1. The van der Waals surface area contributed by atoms with Crippen LogP contribution < -0.4 is 4.90 Å². The average molecular weight is 273 g/mol. The Morgan fingerprint density at radius 1 is 1.25 bits per heavy atom. The minimum atomic E-state index is -0.381. The Morgan fingerprint density at radius 3 is 2.65 bits per heavy atom. The first-order chi connectivity index (χ1) is 9.59. The lowest BCUT2D eigenvalue weighted by molar-refractivity contribution is -0.118. The number of anilines is 1. The zero-order valence-corrected chi connectivity index (χ0v) is 12.3. The summed E-state index contributed by atoms with van der Waals surface area (Å²) in [6, 6.07) is 6.01. The first kappa shape index (κ1) is 13.6. The Bertz CT molecular complexity index is 520. The van der Waals surface area contributed by atoms with Crippen LogP contribution in [-0.2, 0) is 4.79 Å². The third-order valence-corrected chi connectivity index (χ3v) is 5.02. The fraction of sp³-hybridized carbons (Fsp3) is 0.588. The van der Waals surface area contributed by atoms with Crippen LogP contribution in [-0.4, -0.2) is 18.1 Å². The van der Waals surface area contributed by atoms with E-state index in [0.717, 1.165) is 29.7 Å². The Labute approximate surface area is 120 Å². The molecule has 3 heteroatoms. The summed E-state index contributed by atoms with van der Waals surface area (Å²) >= 11 is 0. The van der Waals surface area contributed by atoms with Crippen molar-refractivity contribution in [2.75, 3.05) is 11.9 Å². The first-order valence-corrected chi connectivity index (χ1v) is 7.69. The quantitative estimate of drug-likeness (QED) is 0.897. The molecule has 1 heterocycles. The summed E-state index contributed by atoms with van der Waals surface area (Å²) in [7, 11) is 1.82. The number of fused-ring (bicyclic) bond motifs is 1. The molecular formula is C17H23NO2. The van der Waals surface area contributed by atoms with E-state index in [-0.39, 0.29) is 17.9 Å². The maximum atomic E-state index is 12.0.